The van der Waals surface area contributed by atoms with Gasteiger partial charge in [0.05, 0.1) is 12.5 Å². The van der Waals surface area contributed by atoms with Crippen LogP contribution in [-0.2, 0) is 9.53 Å². The molecular formula is C11H20ClNO2. The van der Waals surface area contributed by atoms with Crippen molar-refractivity contribution in [2.24, 2.45) is 23.0 Å². The summed E-state index contributed by atoms with van der Waals surface area (Å²) in [5, 5.41) is 0. The van der Waals surface area contributed by atoms with E-state index in [1.807, 2.05) is 0 Å². The van der Waals surface area contributed by atoms with Crippen molar-refractivity contribution in [2.75, 3.05) is 13.7 Å². The Labute approximate surface area is 97.1 Å². The van der Waals surface area contributed by atoms with Gasteiger partial charge in [0.1, 0.15) is 0 Å². The van der Waals surface area contributed by atoms with Crippen molar-refractivity contribution < 1.29 is 9.53 Å². The molecule has 3 rings (SSSR count). The molecule has 0 aliphatic heterocycles. The Bertz CT molecular complexity index is 239. The minimum absolute atomic E-state index is 0. The largest absolute Gasteiger partial charge is 0.469 e. The average Bonchev–Trinajstić information content (AvgIpc) is 2.29. The minimum Gasteiger partial charge on any atom is -0.469 e. The zero-order valence-electron chi connectivity index (χ0n) is 9.20. The van der Waals surface area contributed by atoms with E-state index < -0.39 is 0 Å². The van der Waals surface area contributed by atoms with Gasteiger partial charge in [0.25, 0.3) is 0 Å². The van der Waals surface area contributed by atoms with E-state index in [1.54, 1.807) is 0 Å². The molecule has 88 valence electrons. The van der Waals surface area contributed by atoms with Gasteiger partial charge in [-0.3, -0.25) is 4.79 Å². The first kappa shape index (κ1) is 12.8. The quantitative estimate of drug-likeness (QED) is 0.740. The number of nitrogens with two attached hydrogens (primary N) is 1. The molecule has 3 nitrogen and oxygen atoms in total. The third-order valence-electron chi connectivity index (χ3n) is 4.24. The molecule has 3 aliphatic carbocycles. The maximum atomic E-state index is 11.8. The summed E-state index contributed by atoms with van der Waals surface area (Å²) in [5.74, 6) is 1.11. The second kappa shape index (κ2) is 4.71. The molecule has 0 amide bonds. The highest BCUT2D eigenvalue weighted by Gasteiger charge is 2.52. The van der Waals surface area contributed by atoms with Crippen LogP contribution >= 0.6 is 12.4 Å². The van der Waals surface area contributed by atoms with Crippen LogP contribution in [0, 0.1) is 17.3 Å². The van der Waals surface area contributed by atoms with Crippen LogP contribution in [0.25, 0.3) is 0 Å². The van der Waals surface area contributed by atoms with E-state index in [0.717, 1.165) is 19.3 Å². The van der Waals surface area contributed by atoms with Gasteiger partial charge in [-0.15, -0.1) is 12.4 Å². The molecule has 3 saturated carbocycles. The number of esters is 1. The summed E-state index contributed by atoms with van der Waals surface area (Å²) in [6.07, 6.45) is 5.85. The van der Waals surface area contributed by atoms with Crippen molar-refractivity contribution in [3.63, 3.8) is 0 Å². The smallest absolute Gasteiger partial charge is 0.313 e. The second-order valence-corrected chi connectivity index (χ2v) is 4.77. The molecule has 2 N–H and O–H groups in total. The normalized spacial score (nSPS) is 38.3. The van der Waals surface area contributed by atoms with E-state index in [4.69, 9.17) is 10.5 Å². The Kier molecular flexibility index (Phi) is 4.01. The molecule has 1 unspecified atom stereocenters. The van der Waals surface area contributed by atoms with Crippen LogP contribution in [-0.4, -0.2) is 19.6 Å². The van der Waals surface area contributed by atoms with Crippen molar-refractivity contribution in [1.29, 1.82) is 0 Å². The molecule has 0 saturated heterocycles. The highest BCUT2D eigenvalue weighted by molar-refractivity contribution is 5.85. The van der Waals surface area contributed by atoms with Crippen molar-refractivity contribution in [2.45, 2.75) is 32.1 Å². The zero-order valence-corrected chi connectivity index (χ0v) is 10.0. The maximum absolute atomic E-state index is 11.8. The van der Waals surface area contributed by atoms with Gasteiger partial charge in [-0.25, -0.2) is 0 Å². The van der Waals surface area contributed by atoms with Crippen molar-refractivity contribution in [1.82, 2.24) is 0 Å². The number of hydrogen-bond donors (Lipinski definition) is 1. The van der Waals surface area contributed by atoms with Crippen LogP contribution in [0.2, 0.25) is 0 Å². The summed E-state index contributed by atoms with van der Waals surface area (Å²) in [4.78, 5) is 11.8. The number of carbonyl (C=O) groups is 1. The standard InChI is InChI=1S/C11H19NO2.ClH/c1-14-10(13)11(7-12)6-8-2-4-9(11)5-3-8;/h8-9H,2-7,12H2,1H3;1H. The Morgan fingerprint density at radius 1 is 1.40 bits per heavy atom. The fourth-order valence-electron chi connectivity index (χ4n) is 3.39. The summed E-state index contributed by atoms with van der Waals surface area (Å²) in [7, 11) is 1.47. The van der Waals surface area contributed by atoms with Crippen molar-refractivity contribution in [3.05, 3.63) is 0 Å². The third-order valence-corrected chi connectivity index (χ3v) is 4.24. The zero-order chi connectivity index (χ0) is 10.2. The molecule has 2 bridgehead atoms. The van der Waals surface area contributed by atoms with E-state index in [-0.39, 0.29) is 23.8 Å². The van der Waals surface area contributed by atoms with E-state index in [9.17, 15) is 4.79 Å². The van der Waals surface area contributed by atoms with E-state index in [2.05, 4.69) is 0 Å². The first-order chi connectivity index (χ1) is 6.73. The number of hydrogen-bond acceptors (Lipinski definition) is 3. The first-order valence-electron chi connectivity index (χ1n) is 5.51. The van der Waals surface area contributed by atoms with Crippen molar-refractivity contribution >= 4 is 18.4 Å². The summed E-state index contributed by atoms with van der Waals surface area (Å²) in [6.45, 7) is 0.459. The SMILES string of the molecule is COC(=O)C1(CN)CC2CCC1CC2.Cl. The summed E-state index contributed by atoms with van der Waals surface area (Å²) >= 11 is 0. The number of methoxy groups -OCH3 is 1. The van der Waals surface area contributed by atoms with Gasteiger partial charge in [-0.1, -0.05) is 12.8 Å². The lowest BCUT2D eigenvalue weighted by Crippen LogP contribution is -2.52. The molecular weight excluding hydrogens is 214 g/mol. The molecule has 15 heavy (non-hydrogen) atoms. The van der Waals surface area contributed by atoms with E-state index in [0.29, 0.717) is 18.4 Å². The van der Waals surface area contributed by atoms with Gasteiger partial charge < -0.3 is 10.5 Å². The van der Waals surface area contributed by atoms with Crippen LogP contribution < -0.4 is 5.73 Å². The number of rotatable bonds is 2. The third kappa shape index (κ3) is 1.87. The highest BCUT2D eigenvalue weighted by atomic mass is 35.5. The maximum Gasteiger partial charge on any atom is 0.313 e. The number of ether oxygens (including phenoxy) is 1. The fraction of sp³-hybridized carbons (Fsp3) is 0.909. The molecule has 0 heterocycles. The molecule has 0 aromatic rings. The molecule has 0 radical (unpaired) electrons. The van der Waals surface area contributed by atoms with Crippen LogP contribution in [0.4, 0.5) is 0 Å². The number of halogens is 1. The molecule has 0 spiro atoms. The molecule has 1 atom stereocenters. The number of fused-ring (bicyclic) bond motifs is 3. The lowest BCUT2D eigenvalue weighted by molar-refractivity contribution is -0.163. The lowest BCUT2D eigenvalue weighted by atomic mass is 9.56. The number of carbonyl (C=O) groups excluding carboxylic acids is 1. The van der Waals surface area contributed by atoms with Gasteiger partial charge in [-0.05, 0) is 31.1 Å². The predicted molar refractivity (Wildman–Crippen MR) is 60.8 cm³/mol. The Morgan fingerprint density at radius 3 is 2.33 bits per heavy atom. The van der Waals surface area contributed by atoms with Crippen LogP contribution in [0.15, 0.2) is 0 Å². The first-order valence-corrected chi connectivity index (χ1v) is 5.51. The Hall–Kier alpha value is -0.280. The highest BCUT2D eigenvalue weighted by Crippen LogP contribution is 2.52. The minimum atomic E-state index is -0.337. The molecule has 0 aromatic carbocycles. The fourth-order valence-corrected chi connectivity index (χ4v) is 3.39. The Morgan fingerprint density at radius 2 is 2.00 bits per heavy atom. The van der Waals surface area contributed by atoms with Gasteiger partial charge in [0.2, 0.25) is 0 Å². The average molecular weight is 234 g/mol. The van der Waals surface area contributed by atoms with Gasteiger partial charge in [-0.2, -0.15) is 0 Å². The van der Waals surface area contributed by atoms with Gasteiger partial charge in [0, 0.05) is 6.54 Å². The van der Waals surface area contributed by atoms with E-state index in [1.165, 1.54) is 20.0 Å². The van der Waals surface area contributed by atoms with Crippen LogP contribution in [0.5, 0.6) is 0 Å². The summed E-state index contributed by atoms with van der Waals surface area (Å²) in [5.41, 5.74) is 5.46. The monoisotopic (exact) mass is 233 g/mol. The summed E-state index contributed by atoms with van der Waals surface area (Å²) in [6, 6.07) is 0. The molecule has 4 heteroatoms. The molecule has 3 aliphatic rings. The van der Waals surface area contributed by atoms with Gasteiger partial charge in [0.15, 0.2) is 0 Å². The van der Waals surface area contributed by atoms with Crippen LogP contribution in [0.1, 0.15) is 32.1 Å². The summed E-state index contributed by atoms with van der Waals surface area (Å²) < 4.78 is 4.92. The molecule has 3 fully saturated rings. The predicted octanol–water partition coefficient (Wildman–Crippen LogP) is 1.74. The lowest BCUT2D eigenvalue weighted by Gasteiger charge is -2.49. The Balaban J connectivity index is 0.00000112. The van der Waals surface area contributed by atoms with Crippen LogP contribution in [0.3, 0.4) is 0 Å². The molecule has 0 aromatic heterocycles. The van der Waals surface area contributed by atoms with Gasteiger partial charge >= 0.3 is 5.97 Å². The van der Waals surface area contributed by atoms with E-state index >= 15 is 0 Å². The van der Waals surface area contributed by atoms with Crippen molar-refractivity contribution in [3.8, 4) is 0 Å². The topological polar surface area (TPSA) is 52.3 Å². The second-order valence-electron chi connectivity index (χ2n) is 4.77.